The van der Waals surface area contributed by atoms with Gasteiger partial charge in [0.2, 0.25) is 0 Å². The summed E-state index contributed by atoms with van der Waals surface area (Å²) in [4.78, 5) is 0. The normalized spacial score (nSPS) is 17.1. The second kappa shape index (κ2) is 6.58. The average Bonchev–Trinajstić information content (AvgIpc) is 2.35. The molecule has 0 aromatic rings. The zero-order chi connectivity index (χ0) is 13.7. The second-order valence-corrected chi connectivity index (χ2v) is 10.6. The van der Waals surface area contributed by atoms with Crippen molar-refractivity contribution in [1.29, 1.82) is 5.26 Å². The number of nitrogens with zero attached hydrogens (tertiary/aromatic N) is 1. The third-order valence-electron chi connectivity index (χ3n) is 4.96. The highest BCUT2D eigenvalue weighted by atomic mass is 28.3. The molecule has 2 N–H and O–H groups in total. The summed E-state index contributed by atoms with van der Waals surface area (Å²) in [5, 5.41) is 28.1. The van der Waals surface area contributed by atoms with Crippen molar-refractivity contribution >= 4 is 15.2 Å². The van der Waals surface area contributed by atoms with Crippen LogP contribution in [0, 0.1) is 11.3 Å². The number of hydrogen-bond acceptors (Lipinski definition) is 3. The fourth-order valence-electron chi connectivity index (χ4n) is 3.43. The van der Waals surface area contributed by atoms with Crippen molar-refractivity contribution in [3.63, 3.8) is 0 Å². The zero-order valence-electron chi connectivity index (χ0n) is 11.8. The monoisotopic (exact) mass is 255 g/mol. The van der Waals surface area contributed by atoms with Crippen LogP contribution < -0.4 is 0 Å². The molecule has 0 saturated carbocycles. The molecule has 0 fully saturated rings. The van der Waals surface area contributed by atoms with Gasteiger partial charge in [-0.1, -0.05) is 52.8 Å². The molecule has 3 nitrogen and oxygen atoms in total. The minimum Gasteiger partial charge on any atom is -0.427 e. The Morgan fingerprint density at radius 1 is 1.18 bits per heavy atom. The lowest BCUT2D eigenvalue weighted by Crippen LogP contribution is -2.50. The topological polar surface area (TPSA) is 64.2 Å². The van der Waals surface area contributed by atoms with E-state index in [1.54, 1.807) is 6.92 Å². The van der Waals surface area contributed by atoms with Gasteiger partial charge in [0.25, 0.3) is 0 Å². The molecule has 98 valence electrons. The summed E-state index contributed by atoms with van der Waals surface area (Å²) in [6.07, 6.45) is 0.712. The fraction of sp³-hybridized carbons (Fsp3) is 0.917. The first-order valence-corrected chi connectivity index (χ1v) is 9.30. The summed E-state index contributed by atoms with van der Waals surface area (Å²) >= 11 is 0. The van der Waals surface area contributed by atoms with Crippen molar-refractivity contribution in [2.75, 3.05) is 0 Å². The van der Waals surface area contributed by atoms with Gasteiger partial charge < -0.3 is 10.0 Å². The highest BCUT2D eigenvalue weighted by Crippen LogP contribution is 2.56. The maximum absolute atomic E-state index is 9.69. The molecule has 0 rings (SSSR count). The van der Waals surface area contributed by atoms with Crippen molar-refractivity contribution in [2.45, 2.75) is 70.0 Å². The molecule has 2 atom stereocenters. The summed E-state index contributed by atoms with van der Waals surface area (Å²) in [6, 6.07) is 5.56. The Labute approximate surface area is 107 Å². The molecular weight excluding hydrogens is 229 g/mol. The molecule has 17 heavy (non-hydrogen) atoms. The predicted octanol–water partition coefficient (Wildman–Crippen LogP) is 3.03. The molecule has 0 heterocycles. The van der Waals surface area contributed by atoms with Crippen LogP contribution in [0.3, 0.4) is 0 Å². The summed E-state index contributed by atoms with van der Waals surface area (Å²) < 4.78 is 0. The van der Waals surface area contributed by atoms with Crippen LogP contribution in [0.25, 0.3) is 0 Å². The van der Waals surface area contributed by atoms with Crippen LogP contribution in [-0.4, -0.2) is 25.2 Å². The third kappa shape index (κ3) is 2.59. The van der Waals surface area contributed by atoms with Gasteiger partial charge in [0, 0.05) is 5.82 Å². The SMILES string of the molecule is CCC(C#N)(C(C)B(O)O)[Si](CC)(CC)CC. The maximum Gasteiger partial charge on any atom is 0.455 e. The fourth-order valence-corrected chi connectivity index (χ4v) is 8.93. The Morgan fingerprint density at radius 3 is 1.76 bits per heavy atom. The van der Waals surface area contributed by atoms with E-state index in [9.17, 15) is 15.3 Å². The molecule has 0 aromatic carbocycles. The Hall–Kier alpha value is -0.308. The van der Waals surface area contributed by atoms with Gasteiger partial charge in [0.15, 0.2) is 0 Å². The molecule has 0 amide bonds. The number of nitriles is 1. The quantitative estimate of drug-likeness (QED) is 0.687. The molecule has 0 saturated heterocycles. The molecule has 0 spiro atoms. The standard InChI is InChI=1S/C12H26BNO2Si/c1-6-12(10-14,11(5)13(15)16)17(7-2,8-3)9-4/h11,15-16H,6-9H2,1-5H3. The van der Waals surface area contributed by atoms with Crippen molar-refractivity contribution in [3.8, 4) is 6.07 Å². The van der Waals surface area contributed by atoms with Gasteiger partial charge in [-0.25, -0.2) is 0 Å². The van der Waals surface area contributed by atoms with E-state index in [1.807, 2.05) is 6.92 Å². The van der Waals surface area contributed by atoms with E-state index >= 15 is 0 Å². The minimum absolute atomic E-state index is 0.371. The van der Waals surface area contributed by atoms with E-state index < -0.39 is 20.2 Å². The van der Waals surface area contributed by atoms with Crippen molar-refractivity contribution in [3.05, 3.63) is 0 Å². The summed E-state index contributed by atoms with van der Waals surface area (Å²) in [5.74, 6) is -0.371. The zero-order valence-corrected chi connectivity index (χ0v) is 12.8. The van der Waals surface area contributed by atoms with Gasteiger partial charge in [-0.05, 0) is 6.42 Å². The van der Waals surface area contributed by atoms with Crippen LogP contribution in [0.1, 0.15) is 41.0 Å². The molecular formula is C12H26BNO2Si. The molecule has 0 aliphatic heterocycles. The van der Waals surface area contributed by atoms with Gasteiger partial charge in [-0.2, -0.15) is 5.26 Å². The molecule has 5 heteroatoms. The van der Waals surface area contributed by atoms with E-state index in [4.69, 9.17) is 0 Å². The van der Waals surface area contributed by atoms with Crippen LogP contribution in [0.4, 0.5) is 0 Å². The number of rotatable bonds is 7. The Bertz CT molecular complexity index is 268. The van der Waals surface area contributed by atoms with Crippen molar-refractivity contribution in [1.82, 2.24) is 0 Å². The first-order valence-electron chi connectivity index (χ1n) is 6.68. The second-order valence-electron chi connectivity index (χ2n) is 4.98. The average molecular weight is 255 g/mol. The van der Waals surface area contributed by atoms with Crippen LogP contribution in [0.15, 0.2) is 0 Å². The van der Waals surface area contributed by atoms with Gasteiger partial charge in [0.05, 0.1) is 19.2 Å². The lowest BCUT2D eigenvalue weighted by molar-refractivity contribution is 0.368. The first-order chi connectivity index (χ1) is 7.91. The van der Waals surface area contributed by atoms with Gasteiger partial charge in [-0.3, -0.25) is 0 Å². The Balaban J connectivity index is 5.69. The molecule has 0 aromatic heterocycles. The molecule has 0 aliphatic carbocycles. The molecule has 0 aliphatic rings. The van der Waals surface area contributed by atoms with E-state index in [0.29, 0.717) is 6.42 Å². The lowest BCUT2D eigenvalue weighted by Gasteiger charge is -2.47. The summed E-state index contributed by atoms with van der Waals surface area (Å²) in [5.41, 5.74) is 0. The van der Waals surface area contributed by atoms with Gasteiger partial charge in [-0.15, -0.1) is 0 Å². The van der Waals surface area contributed by atoms with Crippen LogP contribution >= 0.6 is 0 Å². The highest BCUT2D eigenvalue weighted by molar-refractivity contribution is 6.84. The van der Waals surface area contributed by atoms with Crippen molar-refractivity contribution < 1.29 is 10.0 Å². The van der Waals surface area contributed by atoms with E-state index in [1.165, 1.54) is 0 Å². The van der Waals surface area contributed by atoms with Crippen LogP contribution in [0.5, 0.6) is 0 Å². The Kier molecular flexibility index (Phi) is 6.46. The van der Waals surface area contributed by atoms with Gasteiger partial charge >= 0.3 is 7.12 Å². The van der Waals surface area contributed by atoms with E-state index in [2.05, 4.69) is 26.8 Å². The Morgan fingerprint density at radius 2 is 1.59 bits per heavy atom. The van der Waals surface area contributed by atoms with Crippen LogP contribution in [-0.2, 0) is 0 Å². The van der Waals surface area contributed by atoms with E-state index in [0.717, 1.165) is 18.1 Å². The first kappa shape index (κ1) is 16.7. The smallest absolute Gasteiger partial charge is 0.427 e. The van der Waals surface area contributed by atoms with Crippen LogP contribution in [0.2, 0.25) is 29.0 Å². The highest BCUT2D eigenvalue weighted by Gasteiger charge is 2.54. The summed E-state index contributed by atoms with van der Waals surface area (Å²) in [6.45, 7) is 10.3. The summed E-state index contributed by atoms with van der Waals surface area (Å²) in [7, 11) is -3.20. The molecule has 0 radical (unpaired) electrons. The minimum atomic E-state index is -1.80. The third-order valence-corrected chi connectivity index (χ3v) is 11.8. The van der Waals surface area contributed by atoms with E-state index in [-0.39, 0.29) is 5.82 Å². The van der Waals surface area contributed by atoms with Crippen molar-refractivity contribution in [2.24, 2.45) is 0 Å². The maximum atomic E-state index is 9.69. The molecule has 0 bridgehead atoms. The molecule has 2 unspecified atom stereocenters. The number of hydrogen-bond donors (Lipinski definition) is 2. The van der Waals surface area contributed by atoms with Gasteiger partial charge in [0.1, 0.15) is 0 Å². The lowest BCUT2D eigenvalue weighted by atomic mass is 9.66. The predicted molar refractivity (Wildman–Crippen MR) is 75.4 cm³/mol. The largest absolute Gasteiger partial charge is 0.455 e.